The fraction of sp³-hybridized carbons (Fsp3) is 0.286. The van der Waals surface area contributed by atoms with Crippen LogP contribution in [0.5, 0.6) is 0 Å². The van der Waals surface area contributed by atoms with Crippen molar-refractivity contribution in [2.45, 2.75) is 31.5 Å². The maximum absolute atomic E-state index is 13.3. The van der Waals surface area contributed by atoms with Gasteiger partial charge in [0.2, 0.25) is 10.0 Å². The molecule has 0 fully saturated rings. The smallest absolute Gasteiger partial charge is 0.329 e. The molecular weight excluding hydrogens is 525 g/mol. The van der Waals surface area contributed by atoms with Crippen LogP contribution in [-0.2, 0) is 32.6 Å². The van der Waals surface area contributed by atoms with Crippen molar-refractivity contribution in [2.75, 3.05) is 24.2 Å². The van der Waals surface area contributed by atoms with Crippen molar-refractivity contribution in [1.82, 2.24) is 5.32 Å². The van der Waals surface area contributed by atoms with Crippen LogP contribution in [0.4, 0.5) is 10.1 Å². The summed E-state index contributed by atoms with van der Waals surface area (Å²) < 4.78 is 44.1. The minimum atomic E-state index is -3.67. The van der Waals surface area contributed by atoms with Gasteiger partial charge in [0, 0.05) is 19.0 Å². The summed E-state index contributed by atoms with van der Waals surface area (Å²) in [6.07, 6.45) is 1.05. The lowest BCUT2D eigenvalue weighted by Crippen LogP contribution is -2.54. The summed E-state index contributed by atoms with van der Waals surface area (Å²) >= 11 is 0. The third-order valence-electron chi connectivity index (χ3n) is 6.24. The molecule has 1 amide bonds. The Morgan fingerprint density at radius 1 is 1.08 bits per heavy atom. The van der Waals surface area contributed by atoms with E-state index in [1.54, 1.807) is 43.3 Å². The lowest BCUT2D eigenvalue weighted by atomic mass is 9.93. The molecule has 3 aromatic rings. The molecule has 1 unspecified atom stereocenters. The van der Waals surface area contributed by atoms with E-state index in [0.29, 0.717) is 11.1 Å². The van der Waals surface area contributed by atoms with Crippen molar-refractivity contribution in [2.24, 2.45) is 5.73 Å². The maximum atomic E-state index is 13.3. The number of carbonyl (C=O) groups is 2. The summed E-state index contributed by atoms with van der Waals surface area (Å²) in [7, 11) is -2.34. The monoisotopic (exact) mass is 557 g/mol. The average Bonchev–Trinajstić information content (AvgIpc) is 2.91. The average molecular weight is 558 g/mol. The minimum Gasteiger partial charge on any atom is -0.459 e. The highest BCUT2D eigenvalue weighted by Crippen LogP contribution is 2.23. The van der Waals surface area contributed by atoms with Crippen LogP contribution in [0.25, 0.3) is 0 Å². The summed E-state index contributed by atoms with van der Waals surface area (Å²) in [5.74, 6) is -1.78. The Bertz CT molecular complexity index is 1420. The first-order chi connectivity index (χ1) is 18.3. The second-order valence-electron chi connectivity index (χ2n) is 9.42. The van der Waals surface area contributed by atoms with Gasteiger partial charge in [-0.05, 0) is 53.9 Å². The van der Waals surface area contributed by atoms with E-state index in [1.165, 1.54) is 37.4 Å². The maximum Gasteiger partial charge on any atom is 0.329 e. The van der Waals surface area contributed by atoms with Crippen LogP contribution in [0.2, 0.25) is 0 Å². The number of esters is 1. The Morgan fingerprint density at radius 2 is 1.72 bits per heavy atom. The molecule has 4 N–H and O–H groups in total. The van der Waals surface area contributed by atoms with Gasteiger partial charge < -0.3 is 20.9 Å². The van der Waals surface area contributed by atoms with Crippen molar-refractivity contribution in [3.05, 3.63) is 101 Å². The molecular formula is C28H32FN3O6S. The largest absolute Gasteiger partial charge is 0.459 e. The molecule has 0 bridgehead atoms. The molecule has 11 heteroatoms. The predicted octanol–water partition coefficient (Wildman–Crippen LogP) is 2.69. The van der Waals surface area contributed by atoms with Gasteiger partial charge in [-0.3, -0.25) is 9.10 Å². The molecule has 0 heterocycles. The molecule has 0 aromatic heterocycles. The second-order valence-corrected chi connectivity index (χ2v) is 11.4. The number of rotatable bonds is 11. The van der Waals surface area contributed by atoms with Crippen molar-refractivity contribution >= 4 is 27.6 Å². The first kappa shape index (κ1) is 29.8. The molecule has 0 spiro atoms. The van der Waals surface area contributed by atoms with Crippen LogP contribution < -0.4 is 15.4 Å². The van der Waals surface area contributed by atoms with Gasteiger partial charge in [-0.25, -0.2) is 17.6 Å². The van der Waals surface area contributed by atoms with E-state index < -0.39 is 45.9 Å². The Labute approximate surface area is 227 Å². The number of nitrogens with two attached hydrogens (primary N) is 1. The Morgan fingerprint density at radius 3 is 2.31 bits per heavy atom. The predicted molar refractivity (Wildman–Crippen MR) is 146 cm³/mol. The summed E-state index contributed by atoms with van der Waals surface area (Å²) in [6.45, 7) is 0.737. The number of halogens is 1. The summed E-state index contributed by atoms with van der Waals surface area (Å²) in [5.41, 5.74) is 6.50. The van der Waals surface area contributed by atoms with Crippen LogP contribution in [0, 0.1) is 5.82 Å². The number of anilines is 1. The topological polar surface area (TPSA) is 139 Å². The third-order valence-corrected chi connectivity index (χ3v) is 7.45. The second kappa shape index (κ2) is 12.4. The third kappa shape index (κ3) is 7.85. The number of amides is 1. The molecule has 208 valence electrons. The van der Waals surface area contributed by atoms with Gasteiger partial charge in [0.05, 0.1) is 24.6 Å². The molecule has 0 saturated heterocycles. The Kier molecular flexibility index (Phi) is 9.44. The zero-order valence-corrected chi connectivity index (χ0v) is 22.7. The van der Waals surface area contributed by atoms with Crippen LogP contribution >= 0.6 is 0 Å². The SMILES string of the molecule is C[C@@H](NC(=O)c1cc(COC(=O)C(N)(CO)Cc2ccccc2)cc(N(C)S(C)(=O)=O)c1)c1ccc(F)cc1. The lowest BCUT2D eigenvalue weighted by Gasteiger charge is -2.25. The Balaban J connectivity index is 1.84. The lowest BCUT2D eigenvalue weighted by molar-refractivity contribution is -0.153. The number of sulfonamides is 1. The molecule has 0 radical (unpaired) electrons. The molecule has 0 saturated carbocycles. The molecule has 9 nitrogen and oxygen atoms in total. The van der Waals surface area contributed by atoms with Crippen LogP contribution in [0.1, 0.15) is 40.0 Å². The van der Waals surface area contributed by atoms with E-state index >= 15 is 0 Å². The number of nitrogens with zero attached hydrogens (tertiary/aromatic N) is 1. The van der Waals surface area contributed by atoms with Gasteiger partial charge in [0.15, 0.2) is 0 Å². The van der Waals surface area contributed by atoms with Gasteiger partial charge in [0.1, 0.15) is 18.0 Å². The highest BCUT2D eigenvalue weighted by molar-refractivity contribution is 7.92. The van der Waals surface area contributed by atoms with E-state index in [1.807, 2.05) is 6.07 Å². The molecule has 0 aliphatic rings. The number of nitrogens with one attached hydrogen (secondary N) is 1. The standard InChI is InChI=1S/C28H32FN3O6S/c1-19(22-9-11-24(29)12-10-22)31-26(34)23-13-21(14-25(15-23)32(2)39(3,36)37)17-38-27(35)28(30,18-33)16-20-7-5-4-6-8-20/h4-15,19,33H,16-18,30H2,1-3H3,(H,31,34)/t19-,28?/m1/s1. The van der Waals surface area contributed by atoms with E-state index in [-0.39, 0.29) is 24.3 Å². The normalized spacial score (nSPS) is 13.7. The van der Waals surface area contributed by atoms with Crippen LogP contribution in [-0.4, -0.2) is 50.9 Å². The molecule has 0 aliphatic carbocycles. The van der Waals surface area contributed by atoms with Gasteiger partial charge in [-0.2, -0.15) is 0 Å². The minimum absolute atomic E-state index is 0.0367. The summed E-state index contributed by atoms with van der Waals surface area (Å²) in [5, 5.41) is 12.7. The zero-order chi connectivity index (χ0) is 28.8. The van der Waals surface area contributed by atoms with Gasteiger partial charge >= 0.3 is 5.97 Å². The van der Waals surface area contributed by atoms with Gasteiger partial charge in [-0.15, -0.1) is 0 Å². The molecule has 0 aliphatic heterocycles. The van der Waals surface area contributed by atoms with E-state index in [0.717, 1.165) is 16.1 Å². The van der Waals surface area contributed by atoms with Gasteiger partial charge in [0.25, 0.3) is 5.91 Å². The number of aliphatic hydroxyl groups is 1. The van der Waals surface area contributed by atoms with Crippen LogP contribution in [0.3, 0.4) is 0 Å². The molecule has 3 rings (SSSR count). The van der Waals surface area contributed by atoms with E-state index in [2.05, 4.69) is 5.32 Å². The summed E-state index contributed by atoms with van der Waals surface area (Å²) in [4.78, 5) is 26.0. The molecule has 2 atom stereocenters. The zero-order valence-electron chi connectivity index (χ0n) is 21.9. The first-order valence-electron chi connectivity index (χ1n) is 12.1. The highest BCUT2D eigenvalue weighted by atomic mass is 32.2. The highest BCUT2D eigenvalue weighted by Gasteiger charge is 2.35. The quantitative estimate of drug-likeness (QED) is 0.308. The fourth-order valence-electron chi connectivity index (χ4n) is 3.82. The molecule has 3 aromatic carbocycles. The van der Waals surface area contributed by atoms with Crippen molar-refractivity contribution < 1.29 is 32.2 Å². The van der Waals surface area contributed by atoms with Crippen LogP contribution in [0.15, 0.2) is 72.8 Å². The first-order valence-corrected chi connectivity index (χ1v) is 13.9. The number of benzene rings is 3. The van der Waals surface area contributed by atoms with Crippen molar-refractivity contribution in [3.8, 4) is 0 Å². The number of carbonyl (C=O) groups excluding carboxylic acids is 2. The fourth-order valence-corrected chi connectivity index (χ4v) is 4.31. The van der Waals surface area contributed by atoms with Gasteiger partial charge in [-0.1, -0.05) is 42.5 Å². The Hall–Kier alpha value is -3.80. The number of ether oxygens (including phenoxy) is 1. The van der Waals surface area contributed by atoms with Crippen molar-refractivity contribution in [3.63, 3.8) is 0 Å². The van der Waals surface area contributed by atoms with E-state index in [9.17, 15) is 27.5 Å². The number of aliphatic hydroxyl groups excluding tert-OH is 1. The van der Waals surface area contributed by atoms with Crippen molar-refractivity contribution in [1.29, 1.82) is 0 Å². The molecule has 39 heavy (non-hydrogen) atoms. The number of hydrogen-bond donors (Lipinski definition) is 3. The summed E-state index contributed by atoms with van der Waals surface area (Å²) in [6, 6.07) is 18.5. The number of hydrogen-bond acceptors (Lipinski definition) is 7. The van der Waals surface area contributed by atoms with E-state index in [4.69, 9.17) is 10.5 Å².